The van der Waals surface area contributed by atoms with Gasteiger partial charge in [0.1, 0.15) is 5.82 Å². The largest absolute Gasteiger partial charge is 0.383 e. The zero-order chi connectivity index (χ0) is 15.2. The lowest BCUT2D eigenvalue weighted by Crippen LogP contribution is -2.27. The summed E-state index contributed by atoms with van der Waals surface area (Å²) in [5.74, 6) is 1.64. The summed E-state index contributed by atoms with van der Waals surface area (Å²) >= 11 is 0. The topological polar surface area (TPSA) is 54.6 Å². The summed E-state index contributed by atoms with van der Waals surface area (Å²) in [4.78, 5) is 9.17. The highest BCUT2D eigenvalue weighted by Crippen LogP contribution is 2.24. The van der Waals surface area contributed by atoms with Crippen molar-refractivity contribution in [3.05, 3.63) is 23.9 Å². The number of anilines is 1. The SMILES string of the molecule is COCCN(C)c1ccc(CN2CC(CN)CC2C)cn1.Cl. The molecule has 1 saturated heterocycles. The molecule has 126 valence electrons. The van der Waals surface area contributed by atoms with Crippen LogP contribution in [0.25, 0.3) is 0 Å². The highest BCUT2D eigenvalue weighted by atomic mass is 35.5. The van der Waals surface area contributed by atoms with Gasteiger partial charge in [0.2, 0.25) is 0 Å². The van der Waals surface area contributed by atoms with Gasteiger partial charge in [-0.1, -0.05) is 6.07 Å². The number of likely N-dealkylation sites (N-methyl/N-ethyl adjacent to an activating group) is 1. The summed E-state index contributed by atoms with van der Waals surface area (Å²) in [6.45, 7) is 6.72. The number of ether oxygens (including phenoxy) is 1. The minimum atomic E-state index is 0. The van der Waals surface area contributed by atoms with E-state index in [1.165, 1.54) is 12.0 Å². The first-order valence-corrected chi connectivity index (χ1v) is 7.73. The fourth-order valence-electron chi connectivity index (χ4n) is 2.92. The van der Waals surface area contributed by atoms with E-state index in [9.17, 15) is 0 Å². The standard InChI is InChI=1S/C16H28N4O.ClH/c1-13-8-15(9-17)12-20(13)11-14-4-5-16(18-10-14)19(2)6-7-21-3;/h4-5,10,13,15H,6-9,11-12,17H2,1-3H3;1H. The fourth-order valence-corrected chi connectivity index (χ4v) is 2.92. The normalized spacial score (nSPS) is 21.6. The Bertz CT molecular complexity index is 429. The first-order valence-electron chi connectivity index (χ1n) is 7.73. The minimum absolute atomic E-state index is 0. The highest BCUT2D eigenvalue weighted by Gasteiger charge is 2.27. The van der Waals surface area contributed by atoms with E-state index in [0.29, 0.717) is 18.6 Å². The van der Waals surface area contributed by atoms with Gasteiger partial charge >= 0.3 is 0 Å². The van der Waals surface area contributed by atoms with Crippen LogP contribution in [0.1, 0.15) is 18.9 Å². The van der Waals surface area contributed by atoms with Crippen molar-refractivity contribution in [3.8, 4) is 0 Å². The first kappa shape index (κ1) is 19.2. The second kappa shape index (κ2) is 9.30. The maximum atomic E-state index is 5.79. The maximum absolute atomic E-state index is 5.79. The molecule has 0 aliphatic carbocycles. The molecule has 2 rings (SSSR count). The number of pyridine rings is 1. The van der Waals surface area contributed by atoms with Gasteiger partial charge in [0.05, 0.1) is 6.61 Å². The van der Waals surface area contributed by atoms with Gasteiger partial charge in [0.15, 0.2) is 0 Å². The number of likely N-dealkylation sites (tertiary alicyclic amines) is 1. The van der Waals surface area contributed by atoms with Crippen LogP contribution in [0.4, 0.5) is 5.82 Å². The molecule has 0 aromatic carbocycles. The maximum Gasteiger partial charge on any atom is 0.128 e. The van der Waals surface area contributed by atoms with Crippen molar-refractivity contribution in [2.75, 3.05) is 45.3 Å². The van der Waals surface area contributed by atoms with Crippen LogP contribution in [0.3, 0.4) is 0 Å². The van der Waals surface area contributed by atoms with Crippen molar-refractivity contribution >= 4 is 18.2 Å². The average molecular weight is 329 g/mol. The molecular formula is C16H29ClN4O. The van der Waals surface area contributed by atoms with Crippen LogP contribution in [-0.4, -0.2) is 56.3 Å². The molecule has 0 radical (unpaired) electrons. The lowest BCUT2D eigenvalue weighted by atomic mass is 10.1. The lowest BCUT2D eigenvalue weighted by molar-refractivity contribution is 0.206. The molecule has 2 heterocycles. The Morgan fingerprint density at radius 2 is 2.23 bits per heavy atom. The number of hydrogen-bond donors (Lipinski definition) is 1. The molecule has 0 amide bonds. The third-order valence-electron chi connectivity index (χ3n) is 4.34. The smallest absolute Gasteiger partial charge is 0.128 e. The molecule has 1 fully saturated rings. The Labute approximate surface area is 140 Å². The van der Waals surface area contributed by atoms with Gasteiger partial charge in [-0.3, -0.25) is 4.90 Å². The molecule has 1 aliphatic heterocycles. The first-order chi connectivity index (χ1) is 10.1. The van der Waals surface area contributed by atoms with Gasteiger partial charge in [-0.15, -0.1) is 12.4 Å². The Hall–Kier alpha value is -0.880. The van der Waals surface area contributed by atoms with Crippen molar-refractivity contribution in [3.63, 3.8) is 0 Å². The van der Waals surface area contributed by atoms with Gasteiger partial charge in [0.25, 0.3) is 0 Å². The van der Waals surface area contributed by atoms with E-state index in [0.717, 1.165) is 32.0 Å². The molecule has 1 aromatic heterocycles. The number of methoxy groups -OCH3 is 1. The van der Waals surface area contributed by atoms with Crippen LogP contribution < -0.4 is 10.6 Å². The van der Waals surface area contributed by atoms with Crippen molar-refractivity contribution in [1.82, 2.24) is 9.88 Å². The molecule has 6 heteroatoms. The van der Waals surface area contributed by atoms with E-state index in [1.54, 1.807) is 7.11 Å². The second-order valence-electron chi connectivity index (χ2n) is 6.05. The molecule has 0 bridgehead atoms. The summed E-state index contributed by atoms with van der Waals surface area (Å²) in [6.07, 6.45) is 3.20. The quantitative estimate of drug-likeness (QED) is 0.826. The van der Waals surface area contributed by atoms with E-state index >= 15 is 0 Å². The molecule has 2 atom stereocenters. The van der Waals surface area contributed by atoms with Crippen LogP contribution >= 0.6 is 12.4 Å². The van der Waals surface area contributed by atoms with Crippen molar-refractivity contribution < 1.29 is 4.74 Å². The zero-order valence-electron chi connectivity index (χ0n) is 13.9. The molecule has 2 N–H and O–H groups in total. The van der Waals surface area contributed by atoms with E-state index < -0.39 is 0 Å². The van der Waals surface area contributed by atoms with Crippen LogP contribution in [0.2, 0.25) is 0 Å². The number of halogens is 1. The Morgan fingerprint density at radius 1 is 1.45 bits per heavy atom. The van der Waals surface area contributed by atoms with Crippen LogP contribution in [0, 0.1) is 5.92 Å². The van der Waals surface area contributed by atoms with E-state index in [2.05, 4.69) is 33.8 Å². The Balaban J connectivity index is 0.00000242. The van der Waals surface area contributed by atoms with Gasteiger partial charge in [-0.05, 0) is 37.4 Å². The zero-order valence-corrected chi connectivity index (χ0v) is 14.7. The van der Waals surface area contributed by atoms with Gasteiger partial charge in [-0.2, -0.15) is 0 Å². The highest BCUT2D eigenvalue weighted by molar-refractivity contribution is 5.85. The van der Waals surface area contributed by atoms with Gasteiger partial charge < -0.3 is 15.4 Å². The number of nitrogens with two attached hydrogens (primary N) is 1. The third kappa shape index (κ3) is 5.09. The van der Waals surface area contributed by atoms with Crippen molar-refractivity contribution in [1.29, 1.82) is 0 Å². The summed E-state index contributed by atoms with van der Waals surface area (Å²) < 4.78 is 5.09. The number of hydrogen-bond acceptors (Lipinski definition) is 5. The predicted molar refractivity (Wildman–Crippen MR) is 93.7 cm³/mol. The van der Waals surface area contributed by atoms with Gasteiger partial charge in [-0.25, -0.2) is 4.98 Å². The van der Waals surface area contributed by atoms with Crippen LogP contribution in [0.15, 0.2) is 18.3 Å². The molecule has 0 saturated carbocycles. The summed E-state index contributed by atoms with van der Waals surface area (Å²) in [6, 6.07) is 4.88. The molecule has 5 nitrogen and oxygen atoms in total. The molecular weight excluding hydrogens is 300 g/mol. The van der Waals surface area contributed by atoms with E-state index in [4.69, 9.17) is 10.5 Å². The van der Waals surface area contributed by atoms with E-state index in [-0.39, 0.29) is 12.4 Å². The molecule has 1 aliphatic rings. The molecule has 22 heavy (non-hydrogen) atoms. The van der Waals surface area contributed by atoms with Gasteiger partial charge in [0, 0.05) is 46.0 Å². The Morgan fingerprint density at radius 3 is 2.77 bits per heavy atom. The van der Waals surface area contributed by atoms with Crippen LogP contribution in [-0.2, 0) is 11.3 Å². The second-order valence-corrected chi connectivity index (χ2v) is 6.05. The average Bonchev–Trinajstić information content (AvgIpc) is 2.86. The van der Waals surface area contributed by atoms with Crippen molar-refractivity contribution in [2.24, 2.45) is 11.7 Å². The van der Waals surface area contributed by atoms with Crippen molar-refractivity contribution in [2.45, 2.75) is 25.9 Å². The fraction of sp³-hybridized carbons (Fsp3) is 0.688. The molecule has 2 unspecified atom stereocenters. The third-order valence-corrected chi connectivity index (χ3v) is 4.34. The molecule has 0 spiro atoms. The molecule has 1 aromatic rings. The monoisotopic (exact) mass is 328 g/mol. The summed E-state index contributed by atoms with van der Waals surface area (Å²) in [5, 5.41) is 0. The minimum Gasteiger partial charge on any atom is -0.383 e. The number of aromatic nitrogens is 1. The Kier molecular flexibility index (Phi) is 8.10. The van der Waals surface area contributed by atoms with Crippen LogP contribution in [0.5, 0.6) is 0 Å². The van der Waals surface area contributed by atoms with E-state index in [1.807, 2.05) is 13.2 Å². The number of rotatable bonds is 7. The summed E-state index contributed by atoms with van der Waals surface area (Å²) in [5.41, 5.74) is 7.06. The predicted octanol–water partition coefficient (Wildman–Crippen LogP) is 1.76. The number of nitrogens with zero attached hydrogens (tertiary/aromatic N) is 3. The summed E-state index contributed by atoms with van der Waals surface area (Å²) in [7, 11) is 3.76. The lowest BCUT2D eigenvalue weighted by Gasteiger charge is -2.22.